The van der Waals surface area contributed by atoms with Crippen molar-refractivity contribution in [2.24, 2.45) is 0 Å². The van der Waals surface area contributed by atoms with E-state index in [0.717, 1.165) is 0 Å². The van der Waals surface area contributed by atoms with E-state index in [9.17, 15) is 14.0 Å². The van der Waals surface area contributed by atoms with Crippen LogP contribution in [0.4, 0.5) is 15.8 Å². The van der Waals surface area contributed by atoms with Crippen LogP contribution in [0.25, 0.3) is 0 Å². The lowest BCUT2D eigenvalue weighted by molar-refractivity contribution is -0.124. The van der Waals surface area contributed by atoms with Crippen molar-refractivity contribution < 1.29 is 14.0 Å². The monoisotopic (exact) mass is 447 g/mol. The van der Waals surface area contributed by atoms with Crippen molar-refractivity contribution in [3.8, 4) is 0 Å². The van der Waals surface area contributed by atoms with Crippen molar-refractivity contribution in [2.75, 3.05) is 16.8 Å². The van der Waals surface area contributed by atoms with Crippen molar-refractivity contribution in [3.63, 3.8) is 0 Å². The molecule has 5 nitrogen and oxygen atoms in total. The highest BCUT2D eigenvalue weighted by Crippen LogP contribution is 2.27. The topological polar surface area (TPSA) is 52.7 Å². The second-order valence-electron chi connectivity index (χ2n) is 7.46. The number of rotatable bonds is 7. The molecule has 1 aliphatic rings. The molecule has 0 aliphatic carbocycles. The standard InChI is InChI=1S/C25H22FN3O2S/c26-21-14-8-7-9-18(21)15-16-28-22(17-23(30)27-19-10-3-1-4-11-19)24(31)29(25(28)32)20-12-5-2-6-13-20/h1-14,22H,15-17H2,(H,27,30)/t22-/m1/s1. The maximum atomic E-state index is 14.1. The highest BCUT2D eigenvalue weighted by Gasteiger charge is 2.43. The predicted octanol–water partition coefficient (Wildman–Crippen LogP) is 4.40. The van der Waals surface area contributed by atoms with E-state index < -0.39 is 6.04 Å². The van der Waals surface area contributed by atoms with Gasteiger partial charge in [0.15, 0.2) is 5.11 Å². The molecule has 1 heterocycles. The summed E-state index contributed by atoms with van der Waals surface area (Å²) in [7, 11) is 0. The van der Waals surface area contributed by atoms with Crippen molar-refractivity contribution in [2.45, 2.75) is 18.9 Å². The molecule has 1 aliphatic heterocycles. The van der Waals surface area contributed by atoms with Crippen LogP contribution in [-0.4, -0.2) is 34.4 Å². The van der Waals surface area contributed by atoms with Crippen LogP contribution in [0.3, 0.4) is 0 Å². The van der Waals surface area contributed by atoms with Crippen LogP contribution in [0.1, 0.15) is 12.0 Å². The molecular formula is C25H22FN3O2S. The summed E-state index contributed by atoms with van der Waals surface area (Å²) in [5, 5.41) is 3.14. The van der Waals surface area contributed by atoms with E-state index in [1.165, 1.54) is 11.0 Å². The number of para-hydroxylation sites is 2. The minimum Gasteiger partial charge on any atom is -0.336 e. The molecule has 4 rings (SSSR count). The lowest BCUT2D eigenvalue weighted by Crippen LogP contribution is -2.39. The Balaban J connectivity index is 1.56. The van der Waals surface area contributed by atoms with E-state index >= 15 is 0 Å². The lowest BCUT2D eigenvalue weighted by atomic mass is 10.1. The number of anilines is 2. The average Bonchev–Trinajstić information content (AvgIpc) is 3.03. The molecule has 1 N–H and O–H groups in total. The maximum absolute atomic E-state index is 14.1. The van der Waals surface area contributed by atoms with Crippen molar-refractivity contribution >= 4 is 40.5 Å². The average molecular weight is 448 g/mol. The van der Waals surface area contributed by atoms with E-state index in [-0.39, 0.29) is 24.1 Å². The van der Waals surface area contributed by atoms with E-state index in [0.29, 0.717) is 35.0 Å². The first-order valence-electron chi connectivity index (χ1n) is 10.3. The number of benzene rings is 3. The van der Waals surface area contributed by atoms with E-state index in [1.54, 1.807) is 47.4 Å². The second kappa shape index (κ2) is 9.70. The molecule has 2 amide bonds. The quantitative estimate of drug-likeness (QED) is 0.546. The highest BCUT2D eigenvalue weighted by atomic mass is 32.1. The van der Waals surface area contributed by atoms with Crippen LogP contribution in [0.2, 0.25) is 0 Å². The Hall–Kier alpha value is -3.58. The Kier molecular flexibility index (Phi) is 6.56. The van der Waals surface area contributed by atoms with Crippen LogP contribution in [0.15, 0.2) is 84.9 Å². The Bertz CT molecular complexity index is 1120. The number of hydrogen-bond acceptors (Lipinski definition) is 3. The van der Waals surface area contributed by atoms with Gasteiger partial charge >= 0.3 is 0 Å². The van der Waals surface area contributed by atoms with E-state index in [4.69, 9.17) is 12.2 Å². The molecule has 32 heavy (non-hydrogen) atoms. The number of halogens is 1. The van der Waals surface area contributed by atoms with Gasteiger partial charge in [-0.25, -0.2) is 4.39 Å². The minimum atomic E-state index is -0.766. The molecule has 0 saturated carbocycles. The van der Waals surface area contributed by atoms with Crippen LogP contribution < -0.4 is 10.2 Å². The molecule has 0 spiro atoms. The first-order chi connectivity index (χ1) is 15.5. The molecule has 0 bridgehead atoms. The SMILES string of the molecule is O=C(C[C@@H]1C(=O)N(c2ccccc2)C(=S)N1CCc1ccccc1F)Nc1ccccc1. The molecular weight excluding hydrogens is 425 g/mol. The summed E-state index contributed by atoms with van der Waals surface area (Å²) in [4.78, 5) is 29.2. The normalized spacial score (nSPS) is 15.8. The van der Waals surface area contributed by atoms with Gasteiger partial charge in [-0.15, -0.1) is 0 Å². The molecule has 162 valence electrons. The van der Waals surface area contributed by atoms with Gasteiger partial charge in [0.1, 0.15) is 11.9 Å². The fraction of sp³-hybridized carbons (Fsp3) is 0.160. The number of nitrogens with one attached hydrogen (secondary N) is 1. The summed E-state index contributed by atoms with van der Waals surface area (Å²) in [6.07, 6.45) is 0.300. The van der Waals surface area contributed by atoms with E-state index in [1.807, 2.05) is 36.4 Å². The molecule has 0 radical (unpaired) electrons. The third kappa shape index (κ3) is 4.68. The molecule has 3 aromatic carbocycles. The van der Waals surface area contributed by atoms with Crippen molar-refractivity contribution in [3.05, 3.63) is 96.3 Å². The van der Waals surface area contributed by atoms with Gasteiger partial charge in [0.2, 0.25) is 5.91 Å². The summed E-state index contributed by atoms with van der Waals surface area (Å²) in [6, 6.07) is 23.9. The number of nitrogens with zero attached hydrogens (tertiary/aromatic N) is 2. The molecule has 3 aromatic rings. The largest absolute Gasteiger partial charge is 0.336 e. The van der Waals surface area contributed by atoms with Gasteiger partial charge in [-0.3, -0.25) is 14.5 Å². The van der Waals surface area contributed by atoms with Crippen LogP contribution in [0.5, 0.6) is 0 Å². The smallest absolute Gasteiger partial charge is 0.256 e. The number of thiocarbonyl (C=S) groups is 1. The third-order valence-corrected chi connectivity index (χ3v) is 5.77. The van der Waals surface area contributed by atoms with Crippen LogP contribution in [-0.2, 0) is 16.0 Å². The first kappa shape index (κ1) is 21.6. The summed E-state index contributed by atoms with van der Waals surface area (Å²) in [5.74, 6) is -0.858. The third-order valence-electron chi connectivity index (χ3n) is 5.35. The minimum absolute atomic E-state index is 0.0610. The molecule has 0 unspecified atom stereocenters. The number of carbonyl (C=O) groups excluding carboxylic acids is 2. The fourth-order valence-electron chi connectivity index (χ4n) is 3.75. The van der Waals surface area contributed by atoms with Gasteiger partial charge in [0.25, 0.3) is 5.91 Å². The lowest BCUT2D eigenvalue weighted by Gasteiger charge is -2.24. The Labute approximate surface area is 191 Å². The molecule has 7 heteroatoms. The van der Waals surface area contributed by atoms with Gasteiger partial charge in [-0.05, 0) is 54.5 Å². The maximum Gasteiger partial charge on any atom is 0.256 e. The zero-order valence-corrected chi connectivity index (χ0v) is 18.1. The number of hydrogen-bond donors (Lipinski definition) is 1. The predicted molar refractivity (Wildman–Crippen MR) is 127 cm³/mol. The summed E-state index contributed by atoms with van der Waals surface area (Å²) in [5.41, 5.74) is 1.83. The first-order valence-corrected chi connectivity index (χ1v) is 10.7. The summed E-state index contributed by atoms with van der Waals surface area (Å²) >= 11 is 5.63. The summed E-state index contributed by atoms with van der Waals surface area (Å²) in [6.45, 7) is 0.318. The van der Waals surface area contributed by atoms with Crippen molar-refractivity contribution in [1.82, 2.24) is 4.90 Å². The highest BCUT2D eigenvalue weighted by molar-refractivity contribution is 7.80. The van der Waals surface area contributed by atoms with Gasteiger partial charge in [0.05, 0.1) is 12.1 Å². The van der Waals surface area contributed by atoms with E-state index in [2.05, 4.69) is 5.32 Å². The van der Waals surface area contributed by atoms with Gasteiger partial charge < -0.3 is 10.2 Å². The Morgan fingerprint density at radius 3 is 2.25 bits per heavy atom. The fourth-order valence-corrected chi connectivity index (χ4v) is 4.17. The summed E-state index contributed by atoms with van der Waals surface area (Å²) < 4.78 is 14.1. The van der Waals surface area contributed by atoms with Gasteiger partial charge in [-0.1, -0.05) is 54.6 Å². The van der Waals surface area contributed by atoms with Gasteiger partial charge in [-0.2, -0.15) is 0 Å². The molecule has 1 atom stereocenters. The number of amides is 2. The molecule has 1 saturated heterocycles. The molecule has 1 fully saturated rings. The molecule has 0 aromatic heterocycles. The van der Waals surface area contributed by atoms with Crippen molar-refractivity contribution in [1.29, 1.82) is 0 Å². The van der Waals surface area contributed by atoms with Crippen LogP contribution in [0, 0.1) is 5.82 Å². The zero-order chi connectivity index (χ0) is 22.5. The van der Waals surface area contributed by atoms with Gasteiger partial charge in [0, 0.05) is 12.2 Å². The second-order valence-corrected chi connectivity index (χ2v) is 7.83. The Morgan fingerprint density at radius 1 is 0.938 bits per heavy atom. The number of carbonyl (C=O) groups is 2. The zero-order valence-electron chi connectivity index (χ0n) is 17.3. The van der Waals surface area contributed by atoms with Crippen LogP contribution >= 0.6 is 12.2 Å². The Morgan fingerprint density at radius 2 is 1.56 bits per heavy atom.